The SMILES string of the molecule is CN=C(NCCCN(C)C)N1CCC(COCc2ccccc2)C1. The summed E-state index contributed by atoms with van der Waals surface area (Å²) in [6.07, 6.45) is 2.30. The van der Waals surface area contributed by atoms with Gasteiger partial charge in [-0.1, -0.05) is 30.3 Å². The second-order valence-electron chi connectivity index (χ2n) is 6.73. The third-order valence-electron chi connectivity index (χ3n) is 4.33. The van der Waals surface area contributed by atoms with E-state index < -0.39 is 0 Å². The number of ether oxygens (including phenoxy) is 1. The summed E-state index contributed by atoms with van der Waals surface area (Å²) in [5, 5.41) is 3.48. The molecular formula is C19H32N4O. The fraction of sp³-hybridized carbons (Fsp3) is 0.632. The van der Waals surface area contributed by atoms with Crippen molar-refractivity contribution in [1.82, 2.24) is 15.1 Å². The Morgan fingerprint density at radius 1 is 1.33 bits per heavy atom. The van der Waals surface area contributed by atoms with Crippen LogP contribution in [0.2, 0.25) is 0 Å². The van der Waals surface area contributed by atoms with E-state index in [-0.39, 0.29) is 0 Å². The van der Waals surface area contributed by atoms with Crippen molar-refractivity contribution >= 4 is 5.96 Å². The predicted octanol–water partition coefficient (Wildman–Crippen LogP) is 2.05. The van der Waals surface area contributed by atoms with E-state index >= 15 is 0 Å². The fourth-order valence-electron chi connectivity index (χ4n) is 3.01. The Hall–Kier alpha value is -1.59. The summed E-state index contributed by atoms with van der Waals surface area (Å²) >= 11 is 0. The Kier molecular flexibility index (Phi) is 8.05. The maximum Gasteiger partial charge on any atom is 0.193 e. The van der Waals surface area contributed by atoms with Gasteiger partial charge in [-0.2, -0.15) is 0 Å². The van der Waals surface area contributed by atoms with E-state index in [9.17, 15) is 0 Å². The highest BCUT2D eigenvalue weighted by Gasteiger charge is 2.24. The van der Waals surface area contributed by atoms with Crippen molar-refractivity contribution in [2.24, 2.45) is 10.9 Å². The first-order valence-electron chi connectivity index (χ1n) is 8.91. The van der Waals surface area contributed by atoms with Crippen molar-refractivity contribution in [1.29, 1.82) is 0 Å². The summed E-state index contributed by atoms with van der Waals surface area (Å²) in [5.74, 6) is 1.62. The number of nitrogens with zero attached hydrogens (tertiary/aromatic N) is 3. The van der Waals surface area contributed by atoms with Crippen LogP contribution in [0.5, 0.6) is 0 Å². The molecule has 2 rings (SSSR count). The van der Waals surface area contributed by atoms with Crippen LogP contribution in [-0.2, 0) is 11.3 Å². The van der Waals surface area contributed by atoms with Crippen LogP contribution in [0.4, 0.5) is 0 Å². The van der Waals surface area contributed by atoms with Crippen LogP contribution in [0.15, 0.2) is 35.3 Å². The third-order valence-corrected chi connectivity index (χ3v) is 4.33. The zero-order valence-electron chi connectivity index (χ0n) is 15.4. The van der Waals surface area contributed by atoms with Crippen LogP contribution in [0.1, 0.15) is 18.4 Å². The Morgan fingerprint density at radius 2 is 2.12 bits per heavy atom. The average molecular weight is 332 g/mol. The summed E-state index contributed by atoms with van der Waals surface area (Å²) in [6, 6.07) is 10.4. The summed E-state index contributed by atoms with van der Waals surface area (Å²) in [6.45, 7) is 5.68. The molecule has 0 amide bonds. The molecule has 0 aliphatic carbocycles. The minimum atomic E-state index is 0.592. The molecule has 1 aliphatic heterocycles. The fourth-order valence-corrected chi connectivity index (χ4v) is 3.01. The van der Waals surface area contributed by atoms with Gasteiger partial charge < -0.3 is 19.9 Å². The number of guanidine groups is 1. The molecule has 1 unspecified atom stereocenters. The molecular weight excluding hydrogens is 300 g/mol. The van der Waals surface area contributed by atoms with E-state index in [4.69, 9.17) is 4.74 Å². The summed E-state index contributed by atoms with van der Waals surface area (Å²) in [5.41, 5.74) is 1.24. The van der Waals surface area contributed by atoms with Gasteiger partial charge in [-0.15, -0.1) is 0 Å². The first kappa shape index (κ1) is 18.7. The maximum atomic E-state index is 5.90. The van der Waals surface area contributed by atoms with Crippen molar-refractivity contribution in [3.63, 3.8) is 0 Å². The van der Waals surface area contributed by atoms with Crippen molar-refractivity contribution in [3.05, 3.63) is 35.9 Å². The first-order valence-corrected chi connectivity index (χ1v) is 8.91. The van der Waals surface area contributed by atoms with E-state index in [1.165, 1.54) is 12.0 Å². The molecule has 1 saturated heterocycles. The topological polar surface area (TPSA) is 40.1 Å². The van der Waals surface area contributed by atoms with Gasteiger partial charge in [0.15, 0.2) is 5.96 Å². The molecule has 1 atom stereocenters. The number of likely N-dealkylation sites (tertiary alicyclic amines) is 1. The van der Waals surface area contributed by atoms with E-state index in [0.29, 0.717) is 12.5 Å². The smallest absolute Gasteiger partial charge is 0.193 e. The molecule has 1 N–H and O–H groups in total. The van der Waals surface area contributed by atoms with Crippen LogP contribution in [0.3, 0.4) is 0 Å². The molecule has 0 radical (unpaired) electrons. The third kappa shape index (κ3) is 6.49. The van der Waals surface area contributed by atoms with Gasteiger partial charge in [-0.25, -0.2) is 0 Å². The van der Waals surface area contributed by atoms with Crippen LogP contribution < -0.4 is 5.32 Å². The number of benzene rings is 1. The van der Waals surface area contributed by atoms with Gasteiger partial charge in [0, 0.05) is 32.6 Å². The van der Waals surface area contributed by atoms with Gasteiger partial charge in [-0.3, -0.25) is 4.99 Å². The Balaban J connectivity index is 1.65. The molecule has 0 aromatic heterocycles. The van der Waals surface area contributed by atoms with Crippen LogP contribution >= 0.6 is 0 Å². The second-order valence-corrected chi connectivity index (χ2v) is 6.73. The van der Waals surface area contributed by atoms with E-state index in [1.807, 2.05) is 13.1 Å². The molecule has 24 heavy (non-hydrogen) atoms. The van der Waals surface area contributed by atoms with Gasteiger partial charge in [0.1, 0.15) is 0 Å². The highest BCUT2D eigenvalue weighted by molar-refractivity contribution is 5.80. The first-order chi connectivity index (χ1) is 11.7. The van der Waals surface area contributed by atoms with Crippen LogP contribution in [-0.4, -0.2) is 69.7 Å². The Bertz CT molecular complexity index is 489. The molecule has 134 valence electrons. The highest BCUT2D eigenvalue weighted by atomic mass is 16.5. The molecule has 5 nitrogen and oxygen atoms in total. The average Bonchev–Trinajstić information content (AvgIpc) is 3.04. The second kappa shape index (κ2) is 10.3. The number of aliphatic imine (C=N–C) groups is 1. The minimum Gasteiger partial charge on any atom is -0.376 e. The highest BCUT2D eigenvalue weighted by Crippen LogP contribution is 2.17. The molecule has 1 aromatic rings. The summed E-state index contributed by atoms with van der Waals surface area (Å²) < 4.78 is 5.90. The molecule has 1 aliphatic rings. The van der Waals surface area contributed by atoms with Gasteiger partial charge in [0.2, 0.25) is 0 Å². The lowest BCUT2D eigenvalue weighted by Gasteiger charge is -2.22. The predicted molar refractivity (Wildman–Crippen MR) is 100 cm³/mol. The molecule has 1 fully saturated rings. The van der Waals surface area contributed by atoms with Crippen molar-refractivity contribution in [2.45, 2.75) is 19.4 Å². The van der Waals surface area contributed by atoms with Crippen molar-refractivity contribution < 1.29 is 4.74 Å². The molecule has 5 heteroatoms. The van der Waals surface area contributed by atoms with E-state index in [2.05, 4.69) is 58.5 Å². The lowest BCUT2D eigenvalue weighted by Crippen LogP contribution is -2.41. The number of nitrogens with one attached hydrogen (secondary N) is 1. The standard InChI is InChI=1S/C19H32N4O/c1-20-19(21-11-7-12-22(2)3)23-13-10-18(14-23)16-24-15-17-8-5-4-6-9-17/h4-6,8-9,18H,7,10-16H2,1-3H3,(H,20,21). The van der Waals surface area contributed by atoms with E-state index in [1.54, 1.807) is 0 Å². The van der Waals surface area contributed by atoms with Gasteiger partial charge >= 0.3 is 0 Å². The normalized spacial score (nSPS) is 18.4. The zero-order chi connectivity index (χ0) is 17.2. The largest absolute Gasteiger partial charge is 0.376 e. The van der Waals surface area contributed by atoms with Crippen molar-refractivity contribution in [2.75, 3.05) is 53.9 Å². The molecule has 0 bridgehead atoms. The molecule has 0 saturated carbocycles. The van der Waals surface area contributed by atoms with Gasteiger partial charge in [-0.05, 0) is 39.0 Å². The Labute approximate surface area is 146 Å². The van der Waals surface area contributed by atoms with E-state index in [0.717, 1.165) is 45.2 Å². The van der Waals surface area contributed by atoms with Gasteiger partial charge in [0.25, 0.3) is 0 Å². The number of hydrogen-bond donors (Lipinski definition) is 1. The number of hydrogen-bond acceptors (Lipinski definition) is 3. The number of rotatable bonds is 8. The monoisotopic (exact) mass is 332 g/mol. The quantitative estimate of drug-likeness (QED) is 0.449. The molecule has 1 heterocycles. The Morgan fingerprint density at radius 3 is 2.83 bits per heavy atom. The minimum absolute atomic E-state index is 0.592. The lowest BCUT2D eigenvalue weighted by molar-refractivity contribution is 0.0907. The van der Waals surface area contributed by atoms with Crippen LogP contribution in [0.25, 0.3) is 0 Å². The van der Waals surface area contributed by atoms with Crippen LogP contribution in [0, 0.1) is 5.92 Å². The maximum absolute atomic E-state index is 5.90. The molecule has 1 aromatic carbocycles. The summed E-state index contributed by atoms with van der Waals surface area (Å²) in [4.78, 5) is 8.99. The van der Waals surface area contributed by atoms with Crippen molar-refractivity contribution in [3.8, 4) is 0 Å². The molecule has 0 spiro atoms. The lowest BCUT2D eigenvalue weighted by atomic mass is 10.1. The van der Waals surface area contributed by atoms with Gasteiger partial charge in [0.05, 0.1) is 13.2 Å². The zero-order valence-corrected chi connectivity index (χ0v) is 15.4. The summed E-state index contributed by atoms with van der Waals surface area (Å²) in [7, 11) is 6.08.